The van der Waals surface area contributed by atoms with Crippen LogP contribution >= 0.6 is 0 Å². The number of benzene rings is 4. The van der Waals surface area contributed by atoms with Crippen LogP contribution in [0.1, 0.15) is 34.6 Å². The first kappa shape index (κ1) is 39.6. The van der Waals surface area contributed by atoms with E-state index in [0.717, 1.165) is 0 Å². The van der Waals surface area contributed by atoms with Crippen molar-refractivity contribution < 1.29 is 27.8 Å². The second-order valence-electron chi connectivity index (χ2n) is 14.0. The van der Waals surface area contributed by atoms with E-state index in [0.29, 0.717) is 95.4 Å². The lowest BCUT2D eigenvalue weighted by molar-refractivity contribution is 0.00349. The molecule has 0 bridgehead atoms. The highest BCUT2D eigenvalue weighted by Crippen LogP contribution is 2.32. The monoisotopic (exact) mass is 784 g/mol. The maximum atomic E-state index is 14.9. The number of nitrogens with zero attached hydrogens (tertiary/aromatic N) is 6. The summed E-state index contributed by atoms with van der Waals surface area (Å²) in [6, 6.07) is 24.2. The van der Waals surface area contributed by atoms with Gasteiger partial charge in [0.1, 0.15) is 23.3 Å². The van der Waals surface area contributed by atoms with Gasteiger partial charge in [0, 0.05) is 35.3 Å². The fourth-order valence-corrected chi connectivity index (χ4v) is 6.94. The molecule has 0 unspecified atom stereocenters. The molecule has 2 saturated heterocycles. The molecule has 296 valence electrons. The van der Waals surface area contributed by atoms with E-state index in [4.69, 9.17) is 20.9 Å². The molecule has 0 spiro atoms. The summed E-state index contributed by atoms with van der Waals surface area (Å²) in [5.74, 6) is -0.492. The molecule has 2 aliphatic rings. The fraction of sp³-hybridized carbons (Fsp3) is 0.227. The van der Waals surface area contributed by atoms with E-state index in [1.54, 1.807) is 46.2 Å². The number of nitrogen functional groups attached to an aromatic ring is 2. The Balaban J connectivity index is 0.000000177. The van der Waals surface area contributed by atoms with Crippen LogP contribution in [0.3, 0.4) is 0 Å². The van der Waals surface area contributed by atoms with E-state index in [2.05, 4.69) is 19.9 Å². The SMILES string of the molecule is C[C@@H]1COCCN1C(=O)c1ccccc1-c1ccc(-c2cnc(N)cn2)c(F)c1.C[C@H]1COCCN1C(=O)c1ccccc1-c1ccc(-c2cnc(N)cn2)c(F)c1. The molecule has 6 aromatic rings. The second kappa shape index (κ2) is 17.7. The summed E-state index contributed by atoms with van der Waals surface area (Å²) in [6.45, 7) is 7.06. The van der Waals surface area contributed by atoms with Crippen molar-refractivity contribution in [3.8, 4) is 44.8 Å². The minimum atomic E-state index is -0.441. The molecular weight excluding hydrogens is 743 g/mol. The molecule has 58 heavy (non-hydrogen) atoms. The number of anilines is 2. The van der Waals surface area contributed by atoms with E-state index < -0.39 is 11.6 Å². The number of aromatic nitrogens is 4. The molecule has 2 amide bonds. The molecule has 0 saturated carbocycles. The number of amides is 2. The van der Waals surface area contributed by atoms with Crippen molar-refractivity contribution in [1.29, 1.82) is 0 Å². The third-order valence-corrected chi connectivity index (χ3v) is 10.0. The maximum Gasteiger partial charge on any atom is 0.254 e. The molecule has 0 aliphatic carbocycles. The Kier molecular flexibility index (Phi) is 12.1. The molecule has 2 atom stereocenters. The summed E-state index contributed by atoms with van der Waals surface area (Å²) in [4.78, 5) is 46.1. The van der Waals surface area contributed by atoms with Gasteiger partial charge in [0.2, 0.25) is 0 Å². The third kappa shape index (κ3) is 8.67. The number of nitrogens with two attached hydrogens (primary N) is 2. The second-order valence-corrected chi connectivity index (χ2v) is 14.0. The van der Waals surface area contributed by atoms with Crippen molar-refractivity contribution in [2.24, 2.45) is 0 Å². The zero-order valence-corrected chi connectivity index (χ0v) is 32.0. The van der Waals surface area contributed by atoms with Crippen LogP contribution in [0.5, 0.6) is 0 Å². The predicted molar refractivity (Wildman–Crippen MR) is 217 cm³/mol. The molecule has 2 fully saturated rings. The Bertz CT molecular complexity index is 2250. The molecular formula is C44H42F2N8O4. The van der Waals surface area contributed by atoms with Crippen molar-refractivity contribution in [3.05, 3.63) is 132 Å². The van der Waals surface area contributed by atoms with E-state index in [1.807, 2.05) is 50.2 Å². The van der Waals surface area contributed by atoms with Gasteiger partial charge in [0.15, 0.2) is 0 Å². The zero-order chi connectivity index (χ0) is 40.8. The number of ether oxygens (including phenoxy) is 2. The van der Waals surface area contributed by atoms with Crippen molar-refractivity contribution in [2.75, 3.05) is 51.0 Å². The summed E-state index contributed by atoms with van der Waals surface area (Å²) in [5.41, 5.74) is 16.2. The Morgan fingerprint density at radius 2 is 1.00 bits per heavy atom. The molecule has 0 radical (unpaired) electrons. The van der Waals surface area contributed by atoms with E-state index in [1.165, 1.54) is 36.9 Å². The largest absolute Gasteiger partial charge is 0.382 e. The molecule has 4 aromatic carbocycles. The number of carbonyl (C=O) groups excluding carboxylic acids is 2. The average Bonchev–Trinajstić information content (AvgIpc) is 3.24. The standard InChI is InChI=1S/2C22H21FN4O2/c2*1-14-13-29-9-8-27(14)22(28)17-5-3-2-4-16(17)15-6-7-18(19(23)10-15)20-11-26-21(24)12-25-20/h2*2-7,10-12,14H,8-9,13H2,1H3,(H2,24,26)/t2*14-/m10/s1. The van der Waals surface area contributed by atoms with Gasteiger partial charge in [-0.05, 0) is 72.5 Å². The van der Waals surface area contributed by atoms with Crippen molar-refractivity contribution in [1.82, 2.24) is 29.7 Å². The van der Waals surface area contributed by atoms with Gasteiger partial charge in [-0.15, -0.1) is 0 Å². The smallest absolute Gasteiger partial charge is 0.254 e. The summed E-state index contributed by atoms with van der Waals surface area (Å²) in [7, 11) is 0. The number of halogens is 2. The minimum absolute atomic E-state index is 0.00694. The number of rotatable bonds is 6. The van der Waals surface area contributed by atoms with Crippen molar-refractivity contribution in [2.45, 2.75) is 25.9 Å². The van der Waals surface area contributed by atoms with Crippen LogP contribution < -0.4 is 11.5 Å². The van der Waals surface area contributed by atoms with Crippen LogP contribution in [-0.2, 0) is 9.47 Å². The lowest BCUT2D eigenvalue weighted by Crippen LogP contribution is -2.47. The Hall–Kier alpha value is -6.64. The van der Waals surface area contributed by atoms with Crippen molar-refractivity contribution >= 4 is 23.5 Å². The number of carbonyl (C=O) groups is 2. The minimum Gasteiger partial charge on any atom is -0.382 e. The maximum absolute atomic E-state index is 14.9. The quantitative estimate of drug-likeness (QED) is 0.184. The molecule has 8 rings (SSSR count). The lowest BCUT2D eigenvalue weighted by Gasteiger charge is -2.33. The van der Waals surface area contributed by atoms with Crippen LogP contribution in [-0.4, -0.2) is 93.2 Å². The Morgan fingerprint density at radius 1 is 0.586 bits per heavy atom. The highest BCUT2D eigenvalue weighted by molar-refractivity contribution is 6.02. The number of morpholine rings is 2. The Morgan fingerprint density at radius 3 is 1.36 bits per heavy atom. The fourth-order valence-electron chi connectivity index (χ4n) is 6.94. The topological polar surface area (TPSA) is 163 Å². The van der Waals surface area contributed by atoms with Gasteiger partial charge in [-0.1, -0.05) is 48.5 Å². The van der Waals surface area contributed by atoms with Crippen LogP contribution in [0, 0.1) is 11.6 Å². The van der Waals surface area contributed by atoms with E-state index in [9.17, 15) is 18.4 Å². The van der Waals surface area contributed by atoms with Gasteiger partial charge < -0.3 is 30.7 Å². The first-order valence-corrected chi connectivity index (χ1v) is 18.8. The molecule has 2 aliphatic heterocycles. The molecule has 4 heterocycles. The van der Waals surface area contributed by atoms with Gasteiger partial charge in [0.05, 0.1) is 74.7 Å². The normalized spacial score (nSPS) is 16.6. The molecule has 12 nitrogen and oxygen atoms in total. The van der Waals surface area contributed by atoms with Gasteiger partial charge >= 0.3 is 0 Å². The van der Waals surface area contributed by atoms with Gasteiger partial charge in [-0.25, -0.2) is 18.7 Å². The molecule has 2 aromatic heterocycles. The van der Waals surface area contributed by atoms with Crippen LogP contribution in [0.15, 0.2) is 110 Å². The first-order chi connectivity index (χ1) is 28.1. The first-order valence-electron chi connectivity index (χ1n) is 18.8. The highest BCUT2D eigenvalue weighted by atomic mass is 19.1. The lowest BCUT2D eigenvalue weighted by atomic mass is 9.96. The number of hydrogen-bond acceptors (Lipinski definition) is 10. The molecule has 14 heteroatoms. The van der Waals surface area contributed by atoms with E-state index in [-0.39, 0.29) is 35.5 Å². The van der Waals surface area contributed by atoms with E-state index >= 15 is 0 Å². The summed E-state index contributed by atoms with van der Waals surface area (Å²) < 4.78 is 40.6. The average molecular weight is 785 g/mol. The van der Waals surface area contributed by atoms with Gasteiger partial charge in [-0.3, -0.25) is 19.6 Å². The van der Waals surface area contributed by atoms with Gasteiger partial charge in [-0.2, -0.15) is 0 Å². The van der Waals surface area contributed by atoms with Crippen LogP contribution in [0.25, 0.3) is 44.8 Å². The van der Waals surface area contributed by atoms with Gasteiger partial charge in [0.25, 0.3) is 11.8 Å². The van der Waals surface area contributed by atoms with Crippen LogP contribution in [0.4, 0.5) is 20.4 Å². The summed E-state index contributed by atoms with van der Waals surface area (Å²) in [5, 5.41) is 0. The number of hydrogen-bond donors (Lipinski definition) is 2. The summed E-state index contributed by atoms with van der Waals surface area (Å²) >= 11 is 0. The molecule has 4 N–H and O–H groups in total. The van der Waals surface area contributed by atoms with Crippen molar-refractivity contribution in [3.63, 3.8) is 0 Å². The third-order valence-electron chi connectivity index (χ3n) is 10.0. The highest BCUT2D eigenvalue weighted by Gasteiger charge is 2.28. The summed E-state index contributed by atoms with van der Waals surface area (Å²) in [6.07, 6.45) is 5.65. The Labute approximate surface area is 334 Å². The predicted octanol–water partition coefficient (Wildman–Crippen LogP) is 6.79. The van der Waals surface area contributed by atoms with Crippen LogP contribution in [0.2, 0.25) is 0 Å². The zero-order valence-electron chi connectivity index (χ0n) is 32.0.